The minimum Gasteiger partial charge on any atom is -0.394 e. The van der Waals surface area contributed by atoms with E-state index in [1.54, 1.807) is 18.1 Å². The zero-order chi connectivity index (χ0) is 18.6. The largest absolute Gasteiger partial charge is 0.394 e. The number of aromatic nitrogens is 2. The molecule has 1 fully saturated rings. The van der Waals surface area contributed by atoms with E-state index in [0.29, 0.717) is 5.69 Å². The van der Waals surface area contributed by atoms with Crippen molar-refractivity contribution in [2.45, 2.75) is 9.92 Å². The van der Waals surface area contributed by atoms with Crippen LogP contribution in [-0.2, 0) is 0 Å². The van der Waals surface area contributed by atoms with Crippen molar-refractivity contribution in [3.05, 3.63) is 66.7 Å². The molecule has 0 bridgehead atoms. The molecule has 2 aromatic carbocycles. The lowest BCUT2D eigenvalue weighted by molar-refractivity contribution is 0.624. The van der Waals surface area contributed by atoms with Crippen LogP contribution in [0, 0.1) is 5.82 Å². The monoisotopic (exact) mass is 381 g/mol. The zero-order valence-corrected chi connectivity index (χ0v) is 15.6. The minimum atomic E-state index is -0.213. The average molecular weight is 381 g/mol. The molecule has 0 saturated carbocycles. The topological polar surface area (TPSA) is 58.3 Å². The van der Waals surface area contributed by atoms with Gasteiger partial charge >= 0.3 is 0 Å². The summed E-state index contributed by atoms with van der Waals surface area (Å²) in [6.45, 7) is 3.26. The lowest BCUT2D eigenvalue weighted by Gasteiger charge is -2.37. The first-order valence-corrected chi connectivity index (χ1v) is 9.61. The zero-order valence-electron chi connectivity index (χ0n) is 14.8. The van der Waals surface area contributed by atoms with E-state index < -0.39 is 0 Å². The molecule has 0 aliphatic carbocycles. The number of nitrogen functional groups attached to an aromatic ring is 1. The smallest absolute Gasteiger partial charge is 0.156 e. The van der Waals surface area contributed by atoms with E-state index in [0.717, 1.165) is 47.6 Å². The van der Waals surface area contributed by atoms with Crippen LogP contribution < -0.4 is 15.5 Å². The van der Waals surface area contributed by atoms with E-state index in [-0.39, 0.29) is 5.82 Å². The Balaban J connectivity index is 1.46. The van der Waals surface area contributed by atoms with Crippen LogP contribution >= 0.6 is 11.8 Å². The van der Waals surface area contributed by atoms with Crippen LogP contribution in [0.15, 0.2) is 70.8 Å². The van der Waals surface area contributed by atoms with Gasteiger partial charge in [-0.05, 0) is 36.4 Å². The van der Waals surface area contributed by atoms with E-state index in [4.69, 9.17) is 5.73 Å². The fourth-order valence-corrected chi connectivity index (χ4v) is 3.95. The average Bonchev–Trinajstić information content (AvgIpc) is 2.71. The van der Waals surface area contributed by atoms with Gasteiger partial charge in [-0.1, -0.05) is 30.0 Å². The minimum absolute atomic E-state index is 0.213. The molecular formula is C20H20FN5S. The Hall–Kier alpha value is -2.80. The van der Waals surface area contributed by atoms with Crippen molar-refractivity contribution in [1.82, 2.24) is 9.97 Å². The van der Waals surface area contributed by atoms with Gasteiger partial charge in [0.1, 0.15) is 22.9 Å². The standard InChI is InChI=1S/C20H20FN5S/c21-15-6-8-16(9-7-15)25-10-12-26(13-11-25)19-18(22)20(24-14-23-19)27-17-4-2-1-3-5-17/h1-9,14H,10-13,22H2. The third-order valence-electron chi connectivity index (χ3n) is 4.56. The third kappa shape index (κ3) is 3.98. The van der Waals surface area contributed by atoms with Crippen LogP contribution in [0.4, 0.5) is 21.6 Å². The lowest BCUT2D eigenvalue weighted by atomic mass is 10.2. The second-order valence-corrected chi connectivity index (χ2v) is 7.34. The molecule has 1 aliphatic rings. The number of nitrogens with two attached hydrogens (primary N) is 1. The Morgan fingerprint density at radius 2 is 1.52 bits per heavy atom. The van der Waals surface area contributed by atoms with Crippen LogP contribution in [0.1, 0.15) is 0 Å². The van der Waals surface area contributed by atoms with E-state index in [9.17, 15) is 4.39 Å². The highest BCUT2D eigenvalue weighted by atomic mass is 32.2. The molecule has 0 radical (unpaired) electrons. The summed E-state index contributed by atoms with van der Waals surface area (Å²) in [7, 11) is 0. The van der Waals surface area contributed by atoms with Gasteiger partial charge in [0.2, 0.25) is 0 Å². The number of hydrogen-bond acceptors (Lipinski definition) is 6. The fraction of sp³-hybridized carbons (Fsp3) is 0.200. The number of piperazine rings is 1. The second-order valence-electron chi connectivity index (χ2n) is 6.28. The van der Waals surface area contributed by atoms with Gasteiger partial charge in [-0.3, -0.25) is 0 Å². The summed E-state index contributed by atoms with van der Waals surface area (Å²) in [6, 6.07) is 16.7. The maximum absolute atomic E-state index is 13.1. The van der Waals surface area contributed by atoms with Crippen molar-refractivity contribution >= 4 is 29.0 Å². The first kappa shape index (κ1) is 17.6. The van der Waals surface area contributed by atoms with Gasteiger partial charge in [-0.25, -0.2) is 14.4 Å². The molecule has 1 aliphatic heterocycles. The number of nitrogens with zero attached hydrogens (tertiary/aromatic N) is 4. The highest BCUT2D eigenvalue weighted by Gasteiger charge is 2.21. The maximum atomic E-state index is 13.1. The van der Waals surface area contributed by atoms with E-state index in [1.165, 1.54) is 12.1 Å². The highest BCUT2D eigenvalue weighted by molar-refractivity contribution is 7.99. The van der Waals surface area contributed by atoms with Crippen LogP contribution in [0.5, 0.6) is 0 Å². The maximum Gasteiger partial charge on any atom is 0.156 e. The Morgan fingerprint density at radius 3 is 2.22 bits per heavy atom. The SMILES string of the molecule is Nc1c(Sc2ccccc2)ncnc1N1CCN(c2ccc(F)cc2)CC1. The summed E-state index contributed by atoms with van der Waals surface area (Å²) in [5.74, 6) is 0.566. The van der Waals surface area contributed by atoms with Gasteiger partial charge in [0.15, 0.2) is 5.82 Å². The number of halogens is 1. The van der Waals surface area contributed by atoms with Gasteiger partial charge in [0, 0.05) is 36.8 Å². The first-order chi connectivity index (χ1) is 13.2. The summed E-state index contributed by atoms with van der Waals surface area (Å²) in [4.78, 5) is 14.3. The van der Waals surface area contributed by atoms with Crippen molar-refractivity contribution in [2.24, 2.45) is 0 Å². The van der Waals surface area contributed by atoms with Crippen LogP contribution in [0.3, 0.4) is 0 Å². The number of rotatable bonds is 4. The second kappa shape index (κ2) is 7.84. The Kier molecular flexibility index (Phi) is 5.11. The van der Waals surface area contributed by atoms with Crippen LogP contribution in [0.2, 0.25) is 0 Å². The molecule has 2 heterocycles. The van der Waals surface area contributed by atoms with Crippen molar-refractivity contribution in [3.8, 4) is 0 Å². The molecule has 1 saturated heterocycles. The third-order valence-corrected chi connectivity index (χ3v) is 5.58. The molecule has 1 aromatic heterocycles. The molecule has 0 spiro atoms. The number of benzene rings is 2. The van der Waals surface area contributed by atoms with E-state index in [1.807, 2.05) is 42.5 Å². The highest BCUT2D eigenvalue weighted by Crippen LogP contribution is 2.34. The van der Waals surface area contributed by atoms with Gasteiger partial charge in [0.05, 0.1) is 0 Å². The number of anilines is 3. The van der Waals surface area contributed by atoms with E-state index >= 15 is 0 Å². The molecule has 0 unspecified atom stereocenters. The normalized spacial score (nSPS) is 14.4. The predicted octanol–water partition coefficient (Wildman–Crippen LogP) is 3.68. The molecule has 5 nitrogen and oxygen atoms in total. The van der Waals surface area contributed by atoms with Crippen molar-refractivity contribution in [2.75, 3.05) is 41.7 Å². The quantitative estimate of drug-likeness (QED) is 0.696. The Labute approximate surface area is 162 Å². The van der Waals surface area contributed by atoms with Crippen molar-refractivity contribution < 1.29 is 4.39 Å². The molecule has 0 atom stereocenters. The fourth-order valence-electron chi connectivity index (χ4n) is 3.13. The molecule has 2 N–H and O–H groups in total. The van der Waals surface area contributed by atoms with E-state index in [2.05, 4.69) is 19.8 Å². The Morgan fingerprint density at radius 1 is 0.852 bits per heavy atom. The van der Waals surface area contributed by atoms with Crippen molar-refractivity contribution in [1.29, 1.82) is 0 Å². The molecule has 7 heteroatoms. The first-order valence-electron chi connectivity index (χ1n) is 8.79. The molecule has 138 valence electrons. The Bertz CT molecular complexity index is 896. The van der Waals surface area contributed by atoms with Crippen LogP contribution in [0.25, 0.3) is 0 Å². The predicted molar refractivity (Wildman–Crippen MR) is 108 cm³/mol. The van der Waals surface area contributed by atoms with Gasteiger partial charge in [-0.2, -0.15) is 0 Å². The number of hydrogen-bond donors (Lipinski definition) is 1. The van der Waals surface area contributed by atoms with Crippen LogP contribution in [-0.4, -0.2) is 36.1 Å². The lowest BCUT2D eigenvalue weighted by Crippen LogP contribution is -2.47. The van der Waals surface area contributed by atoms with Gasteiger partial charge in [0.25, 0.3) is 0 Å². The summed E-state index contributed by atoms with van der Waals surface area (Å²) in [6.07, 6.45) is 1.57. The molecule has 27 heavy (non-hydrogen) atoms. The molecule has 4 rings (SSSR count). The summed E-state index contributed by atoms with van der Waals surface area (Å²) < 4.78 is 13.1. The molecular weight excluding hydrogens is 361 g/mol. The van der Waals surface area contributed by atoms with Crippen molar-refractivity contribution in [3.63, 3.8) is 0 Å². The summed E-state index contributed by atoms with van der Waals surface area (Å²) >= 11 is 1.54. The molecule has 0 amide bonds. The molecule has 3 aromatic rings. The van der Waals surface area contributed by atoms with Gasteiger partial charge < -0.3 is 15.5 Å². The summed E-state index contributed by atoms with van der Waals surface area (Å²) in [5.41, 5.74) is 8.03. The van der Waals surface area contributed by atoms with Gasteiger partial charge in [-0.15, -0.1) is 0 Å². The summed E-state index contributed by atoms with van der Waals surface area (Å²) in [5, 5.41) is 0.771.